The average Bonchev–Trinajstić information content (AvgIpc) is 2.99. The number of fused-ring (bicyclic) bond motifs is 1. The molecule has 0 aliphatic rings. The lowest BCUT2D eigenvalue weighted by molar-refractivity contribution is 0.430. The van der Waals surface area contributed by atoms with E-state index >= 15 is 0 Å². The summed E-state index contributed by atoms with van der Waals surface area (Å²) in [7, 11) is 1.97. The van der Waals surface area contributed by atoms with Gasteiger partial charge in [0.15, 0.2) is 0 Å². The first-order chi connectivity index (χ1) is 9.38. The number of hydrogen-bond donors (Lipinski definition) is 1. The summed E-state index contributed by atoms with van der Waals surface area (Å²) in [6.07, 6.45) is 2.65. The summed E-state index contributed by atoms with van der Waals surface area (Å²) in [5.41, 5.74) is 1.34. The topological polar surface area (TPSA) is 25.2 Å². The number of rotatable bonds is 4. The molecule has 1 atom stereocenters. The highest BCUT2D eigenvalue weighted by Gasteiger charge is 2.13. The summed E-state index contributed by atoms with van der Waals surface area (Å²) >= 11 is 0. The standard InChI is InChI=1S/C17H17NO/c1-18-16(17-10-5-11-19-17)12-14-8-4-7-13-6-2-3-9-15(13)14/h2-11,16,18H,12H2,1H3/t16-/m0/s1. The lowest BCUT2D eigenvalue weighted by atomic mass is 9.98. The van der Waals surface area contributed by atoms with Gasteiger partial charge in [0, 0.05) is 0 Å². The van der Waals surface area contributed by atoms with Gasteiger partial charge in [-0.05, 0) is 41.9 Å². The van der Waals surface area contributed by atoms with Crippen LogP contribution in [-0.2, 0) is 6.42 Å². The van der Waals surface area contributed by atoms with E-state index in [9.17, 15) is 0 Å². The number of nitrogens with one attached hydrogen (secondary N) is 1. The van der Waals surface area contributed by atoms with Gasteiger partial charge < -0.3 is 9.73 Å². The van der Waals surface area contributed by atoms with Gasteiger partial charge in [-0.15, -0.1) is 0 Å². The van der Waals surface area contributed by atoms with Gasteiger partial charge in [-0.2, -0.15) is 0 Å². The summed E-state index contributed by atoms with van der Waals surface area (Å²) in [4.78, 5) is 0. The first-order valence-electron chi connectivity index (χ1n) is 6.56. The fourth-order valence-corrected chi connectivity index (χ4v) is 2.52. The number of benzene rings is 2. The maximum Gasteiger partial charge on any atom is 0.121 e. The highest BCUT2D eigenvalue weighted by molar-refractivity contribution is 5.85. The molecule has 3 aromatic rings. The normalized spacial score (nSPS) is 12.7. The number of hydrogen-bond acceptors (Lipinski definition) is 2. The molecule has 19 heavy (non-hydrogen) atoms. The predicted molar refractivity (Wildman–Crippen MR) is 78.2 cm³/mol. The Kier molecular flexibility index (Phi) is 3.34. The molecule has 0 saturated carbocycles. The van der Waals surface area contributed by atoms with E-state index in [0.717, 1.165) is 12.2 Å². The molecule has 0 saturated heterocycles. The van der Waals surface area contributed by atoms with E-state index < -0.39 is 0 Å². The molecule has 1 aromatic heterocycles. The van der Waals surface area contributed by atoms with Crippen molar-refractivity contribution in [2.24, 2.45) is 0 Å². The van der Waals surface area contributed by atoms with Crippen LogP contribution in [0, 0.1) is 0 Å². The minimum absolute atomic E-state index is 0.209. The Morgan fingerprint density at radius 1 is 1.00 bits per heavy atom. The molecule has 0 unspecified atom stereocenters. The fraction of sp³-hybridized carbons (Fsp3) is 0.176. The van der Waals surface area contributed by atoms with E-state index in [0.29, 0.717) is 0 Å². The van der Waals surface area contributed by atoms with Crippen molar-refractivity contribution in [1.82, 2.24) is 5.32 Å². The van der Waals surface area contributed by atoms with Crippen LogP contribution in [0.4, 0.5) is 0 Å². The first kappa shape index (κ1) is 12.0. The SMILES string of the molecule is CN[C@@H](Cc1cccc2ccccc12)c1ccco1. The summed E-state index contributed by atoms with van der Waals surface area (Å²) in [5, 5.41) is 5.93. The van der Waals surface area contributed by atoms with Gasteiger partial charge >= 0.3 is 0 Å². The Hall–Kier alpha value is -2.06. The van der Waals surface area contributed by atoms with Crippen molar-refractivity contribution in [3.05, 3.63) is 72.2 Å². The van der Waals surface area contributed by atoms with Crippen LogP contribution in [0.3, 0.4) is 0 Å². The van der Waals surface area contributed by atoms with Gasteiger partial charge in [-0.1, -0.05) is 42.5 Å². The number of likely N-dealkylation sites (N-methyl/N-ethyl adjacent to an activating group) is 1. The van der Waals surface area contributed by atoms with Gasteiger partial charge in [0.2, 0.25) is 0 Å². The van der Waals surface area contributed by atoms with Crippen molar-refractivity contribution < 1.29 is 4.42 Å². The van der Waals surface area contributed by atoms with Crippen LogP contribution < -0.4 is 5.32 Å². The second-order valence-corrected chi connectivity index (χ2v) is 4.70. The third kappa shape index (κ3) is 2.40. The molecule has 0 radical (unpaired) electrons. The quantitative estimate of drug-likeness (QED) is 0.760. The molecule has 0 bridgehead atoms. The van der Waals surface area contributed by atoms with Gasteiger partial charge in [-0.25, -0.2) is 0 Å². The largest absolute Gasteiger partial charge is 0.468 e. The van der Waals surface area contributed by atoms with Gasteiger partial charge in [0.25, 0.3) is 0 Å². The molecule has 96 valence electrons. The molecule has 3 rings (SSSR count). The summed E-state index contributed by atoms with van der Waals surface area (Å²) in [5.74, 6) is 0.982. The van der Waals surface area contributed by atoms with Crippen LogP contribution in [0.15, 0.2) is 65.3 Å². The van der Waals surface area contributed by atoms with E-state index in [-0.39, 0.29) is 6.04 Å². The van der Waals surface area contributed by atoms with Crippen molar-refractivity contribution in [2.75, 3.05) is 7.05 Å². The lowest BCUT2D eigenvalue weighted by Crippen LogP contribution is -2.18. The van der Waals surface area contributed by atoms with Crippen LogP contribution in [0.25, 0.3) is 10.8 Å². The Labute approximate surface area is 113 Å². The molecule has 0 amide bonds. The van der Waals surface area contributed by atoms with Crippen LogP contribution in [0.5, 0.6) is 0 Å². The van der Waals surface area contributed by atoms with Crippen LogP contribution in [0.1, 0.15) is 17.4 Å². The Balaban J connectivity index is 1.96. The zero-order chi connectivity index (χ0) is 13.1. The van der Waals surface area contributed by atoms with E-state index in [1.807, 2.05) is 19.2 Å². The average molecular weight is 251 g/mol. The first-order valence-corrected chi connectivity index (χ1v) is 6.56. The highest BCUT2D eigenvalue weighted by atomic mass is 16.3. The van der Waals surface area contributed by atoms with Crippen molar-refractivity contribution >= 4 is 10.8 Å². The van der Waals surface area contributed by atoms with Crippen molar-refractivity contribution in [3.8, 4) is 0 Å². The highest BCUT2D eigenvalue weighted by Crippen LogP contribution is 2.24. The second-order valence-electron chi connectivity index (χ2n) is 4.70. The molecule has 1 N–H and O–H groups in total. The summed E-state index contributed by atoms with van der Waals surface area (Å²) in [6, 6.07) is 19.1. The molecular formula is C17H17NO. The van der Waals surface area contributed by atoms with Crippen molar-refractivity contribution in [3.63, 3.8) is 0 Å². The zero-order valence-corrected chi connectivity index (χ0v) is 11.0. The van der Waals surface area contributed by atoms with E-state index in [1.54, 1.807) is 6.26 Å². The minimum atomic E-state index is 0.209. The molecule has 0 aliphatic heterocycles. The second kappa shape index (κ2) is 5.29. The van der Waals surface area contributed by atoms with Gasteiger partial charge in [0.05, 0.1) is 12.3 Å². The van der Waals surface area contributed by atoms with E-state index in [4.69, 9.17) is 4.42 Å². The molecule has 0 fully saturated rings. The predicted octanol–water partition coefficient (Wildman–Crippen LogP) is 3.94. The Morgan fingerprint density at radius 2 is 1.84 bits per heavy atom. The Bertz CT molecular complexity index is 653. The lowest BCUT2D eigenvalue weighted by Gasteiger charge is -2.15. The zero-order valence-electron chi connectivity index (χ0n) is 11.0. The van der Waals surface area contributed by atoms with Crippen molar-refractivity contribution in [2.45, 2.75) is 12.5 Å². The maximum atomic E-state index is 5.51. The van der Waals surface area contributed by atoms with Crippen molar-refractivity contribution in [1.29, 1.82) is 0 Å². The molecule has 2 nitrogen and oxygen atoms in total. The Morgan fingerprint density at radius 3 is 2.63 bits per heavy atom. The van der Waals surface area contributed by atoms with Crippen LogP contribution in [0.2, 0.25) is 0 Å². The summed E-state index contributed by atoms with van der Waals surface area (Å²) < 4.78 is 5.51. The maximum absolute atomic E-state index is 5.51. The molecule has 1 heterocycles. The van der Waals surface area contributed by atoms with E-state index in [2.05, 4.69) is 47.8 Å². The van der Waals surface area contributed by atoms with Crippen LogP contribution in [-0.4, -0.2) is 7.05 Å². The fourth-order valence-electron chi connectivity index (χ4n) is 2.52. The molecule has 0 spiro atoms. The third-order valence-electron chi connectivity index (χ3n) is 3.54. The molecular weight excluding hydrogens is 234 g/mol. The van der Waals surface area contributed by atoms with Gasteiger partial charge in [0.1, 0.15) is 5.76 Å². The van der Waals surface area contributed by atoms with Gasteiger partial charge in [-0.3, -0.25) is 0 Å². The minimum Gasteiger partial charge on any atom is -0.468 e. The number of furan rings is 1. The summed E-state index contributed by atoms with van der Waals surface area (Å²) in [6.45, 7) is 0. The molecule has 2 heteroatoms. The molecule has 0 aliphatic carbocycles. The monoisotopic (exact) mass is 251 g/mol. The van der Waals surface area contributed by atoms with Crippen LogP contribution >= 0.6 is 0 Å². The third-order valence-corrected chi connectivity index (χ3v) is 3.54. The molecule has 2 aromatic carbocycles. The smallest absolute Gasteiger partial charge is 0.121 e. The van der Waals surface area contributed by atoms with E-state index in [1.165, 1.54) is 16.3 Å².